The molecule has 1 atom stereocenters. The lowest BCUT2D eigenvalue weighted by atomic mass is 10.0. The van der Waals surface area contributed by atoms with E-state index < -0.39 is 0 Å². The molecule has 3 heteroatoms. The fourth-order valence-electron chi connectivity index (χ4n) is 1.76. The average molecular weight is 183 g/mol. The van der Waals surface area contributed by atoms with Crippen LogP contribution in [0.4, 0.5) is 0 Å². The van der Waals surface area contributed by atoms with Gasteiger partial charge in [0.2, 0.25) is 5.91 Å². The highest BCUT2D eigenvalue weighted by Crippen LogP contribution is 2.17. The molecule has 0 aromatic heterocycles. The maximum atomic E-state index is 11.5. The Hall–Kier alpha value is -0.830. The molecule has 1 heterocycles. The van der Waals surface area contributed by atoms with Crippen LogP contribution < -0.4 is 0 Å². The van der Waals surface area contributed by atoms with E-state index in [-0.39, 0.29) is 18.6 Å². The molecule has 1 saturated heterocycles. The Kier molecular flexibility index (Phi) is 3.96. The maximum Gasteiger partial charge on any atom is 0.226 e. The molecule has 0 spiro atoms. The first kappa shape index (κ1) is 10.3. The molecular formula is C10H17NO2. The van der Waals surface area contributed by atoms with Gasteiger partial charge in [0.1, 0.15) is 0 Å². The standard InChI is InChI=1S/C10H17NO2/c1-2-5-10(13)11-7-4-3-6-9(11)8-12/h2,9,12H,1,3-8H2. The highest BCUT2D eigenvalue weighted by Gasteiger charge is 2.24. The van der Waals surface area contributed by atoms with Gasteiger partial charge in [0.25, 0.3) is 0 Å². The molecule has 1 N–H and O–H groups in total. The predicted octanol–water partition coefficient (Wildman–Crippen LogP) is 0.936. The van der Waals surface area contributed by atoms with Gasteiger partial charge in [0.05, 0.1) is 12.6 Å². The van der Waals surface area contributed by atoms with Crippen molar-refractivity contribution < 1.29 is 9.90 Å². The summed E-state index contributed by atoms with van der Waals surface area (Å²) in [6.07, 6.45) is 5.10. The molecule has 13 heavy (non-hydrogen) atoms. The summed E-state index contributed by atoms with van der Waals surface area (Å²) in [4.78, 5) is 13.3. The Bertz CT molecular complexity index is 191. The summed E-state index contributed by atoms with van der Waals surface area (Å²) in [5, 5.41) is 9.06. The number of nitrogens with zero attached hydrogens (tertiary/aromatic N) is 1. The Morgan fingerprint density at radius 3 is 3.00 bits per heavy atom. The van der Waals surface area contributed by atoms with E-state index in [4.69, 9.17) is 5.11 Å². The Morgan fingerprint density at radius 2 is 2.38 bits per heavy atom. The van der Waals surface area contributed by atoms with Crippen LogP contribution in [0.2, 0.25) is 0 Å². The number of carbonyl (C=O) groups is 1. The van der Waals surface area contributed by atoms with Gasteiger partial charge in [-0.15, -0.1) is 6.58 Å². The highest BCUT2D eigenvalue weighted by molar-refractivity contribution is 5.78. The number of amides is 1. The summed E-state index contributed by atoms with van der Waals surface area (Å²) in [5.74, 6) is 0.0914. The molecule has 1 unspecified atom stereocenters. The number of aliphatic hydroxyl groups is 1. The third-order valence-corrected chi connectivity index (χ3v) is 2.48. The van der Waals surface area contributed by atoms with Crippen LogP contribution in [-0.2, 0) is 4.79 Å². The summed E-state index contributed by atoms with van der Waals surface area (Å²) in [6, 6.07) is 0.0428. The minimum atomic E-state index is 0.0428. The highest BCUT2D eigenvalue weighted by atomic mass is 16.3. The monoisotopic (exact) mass is 183 g/mol. The summed E-state index contributed by atoms with van der Waals surface area (Å²) in [5.41, 5.74) is 0. The number of likely N-dealkylation sites (tertiary alicyclic amines) is 1. The molecule has 0 bridgehead atoms. The lowest BCUT2D eigenvalue weighted by molar-refractivity contribution is -0.134. The molecule has 74 valence electrons. The Balaban J connectivity index is 2.52. The van der Waals surface area contributed by atoms with Crippen molar-refractivity contribution in [3.05, 3.63) is 12.7 Å². The van der Waals surface area contributed by atoms with Crippen molar-refractivity contribution in [2.24, 2.45) is 0 Å². The van der Waals surface area contributed by atoms with Crippen molar-refractivity contribution in [3.63, 3.8) is 0 Å². The molecule has 0 aromatic carbocycles. The van der Waals surface area contributed by atoms with Gasteiger partial charge in [-0.2, -0.15) is 0 Å². The van der Waals surface area contributed by atoms with E-state index in [9.17, 15) is 4.79 Å². The van der Waals surface area contributed by atoms with Gasteiger partial charge in [-0.1, -0.05) is 6.08 Å². The maximum absolute atomic E-state index is 11.5. The normalized spacial score (nSPS) is 22.8. The first-order chi connectivity index (χ1) is 6.29. The molecule has 0 aliphatic carbocycles. The van der Waals surface area contributed by atoms with E-state index in [0.717, 1.165) is 25.8 Å². The van der Waals surface area contributed by atoms with E-state index in [2.05, 4.69) is 6.58 Å². The van der Waals surface area contributed by atoms with E-state index in [1.54, 1.807) is 11.0 Å². The predicted molar refractivity (Wildman–Crippen MR) is 51.3 cm³/mol. The zero-order valence-electron chi connectivity index (χ0n) is 7.91. The number of carbonyl (C=O) groups excluding carboxylic acids is 1. The first-order valence-electron chi connectivity index (χ1n) is 4.80. The quantitative estimate of drug-likeness (QED) is 0.661. The molecule has 0 aromatic rings. The van der Waals surface area contributed by atoms with E-state index >= 15 is 0 Å². The lowest BCUT2D eigenvalue weighted by Gasteiger charge is -2.34. The zero-order valence-corrected chi connectivity index (χ0v) is 7.91. The summed E-state index contributed by atoms with van der Waals surface area (Å²) in [7, 11) is 0. The second-order valence-corrected chi connectivity index (χ2v) is 3.41. The summed E-state index contributed by atoms with van der Waals surface area (Å²) in [6.45, 7) is 4.41. The second-order valence-electron chi connectivity index (χ2n) is 3.41. The molecule has 0 radical (unpaired) electrons. The van der Waals surface area contributed by atoms with Crippen LogP contribution in [0.15, 0.2) is 12.7 Å². The molecule has 1 amide bonds. The van der Waals surface area contributed by atoms with Crippen LogP contribution in [0, 0.1) is 0 Å². The fraction of sp³-hybridized carbons (Fsp3) is 0.700. The van der Waals surface area contributed by atoms with Crippen molar-refractivity contribution in [1.82, 2.24) is 4.90 Å². The SMILES string of the molecule is C=CCC(=O)N1CCCCC1CO. The lowest BCUT2D eigenvalue weighted by Crippen LogP contribution is -2.45. The van der Waals surface area contributed by atoms with Crippen LogP contribution in [0.5, 0.6) is 0 Å². The van der Waals surface area contributed by atoms with Crippen LogP contribution in [0.3, 0.4) is 0 Å². The van der Waals surface area contributed by atoms with E-state index in [1.807, 2.05) is 0 Å². The van der Waals surface area contributed by atoms with E-state index in [1.165, 1.54) is 0 Å². The van der Waals surface area contributed by atoms with Gasteiger partial charge in [-0.05, 0) is 19.3 Å². The van der Waals surface area contributed by atoms with Crippen LogP contribution in [0.25, 0.3) is 0 Å². The number of aliphatic hydroxyl groups excluding tert-OH is 1. The fourth-order valence-corrected chi connectivity index (χ4v) is 1.76. The minimum absolute atomic E-state index is 0.0428. The summed E-state index contributed by atoms with van der Waals surface area (Å²) < 4.78 is 0. The average Bonchev–Trinajstić information content (AvgIpc) is 2.18. The van der Waals surface area contributed by atoms with Crippen molar-refractivity contribution in [1.29, 1.82) is 0 Å². The number of hydrogen-bond acceptors (Lipinski definition) is 2. The van der Waals surface area contributed by atoms with Gasteiger partial charge < -0.3 is 10.0 Å². The topological polar surface area (TPSA) is 40.5 Å². The van der Waals surface area contributed by atoms with Crippen molar-refractivity contribution in [2.75, 3.05) is 13.2 Å². The Labute approximate surface area is 79.0 Å². The van der Waals surface area contributed by atoms with Gasteiger partial charge >= 0.3 is 0 Å². The molecule has 1 aliphatic heterocycles. The second kappa shape index (κ2) is 5.02. The zero-order chi connectivity index (χ0) is 9.68. The molecule has 1 aliphatic rings. The molecule has 0 saturated carbocycles. The van der Waals surface area contributed by atoms with Crippen molar-refractivity contribution >= 4 is 5.91 Å². The van der Waals surface area contributed by atoms with Crippen LogP contribution >= 0.6 is 0 Å². The first-order valence-corrected chi connectivity index (χ1v) is 4.80. The van der Waals surface area contributed by atoms with Crippen LogP contribution in [-0.4, -0.2) is 35.1 Å². The molecule has 3 nitrogen and oxygen atoms in total. The van der Waals surface area contributed by atoms with Crippen molar-refractivity contribution in [3.8, 4) is 0 Å². The number of hydrogen-bond donors (Lipinski definition) is 1. The molecule has 1 fully saturated rings. The van der Waals surface area contributed by atoms with E-state index in [0.29, 0.717) is 6.42 Å². The smallest absolute Gasteiger partial charge is 0.226 e. The minimum Gasteiger partial charge on any atom is -0.394 e. The number of rotatable bonds is 3. The van der Waals surface area contributed by atoms with Crippen LogP contribution in [0.1, 0.15) is 25.7 Å². The number of piperidine rings is 1. The largest absolute Gasteiger partial charge is 0.394 e. The molecule has 1 rings (SSSR count). The third-order valence-electron chi connectivity index (χ3n) is 2.48. The van der Waals surface area contributed by atoms with Gasteiger partial charge in [-0.3, -0.25) is 4.79 Å². The Morgan fingerprint density at radius 1 is 1.62 bits per heavy atom. The van der Waals surface area contributed by atoms with Gasteiger partial charge in [-0.25, -0.2) is 0 Å². The van der Waals surface area contributed by atoms with Crippen molar-refractivity contribution in [2.45, 2.75) is 31.7 Å². The third kappa shape index (κ3) is 2.56. The van der Waals surface area contributed by atoms with Gasteiger partial charge in [0, 0.05) is 13.0 Å². The summed E-state index contributed by atoms with van der Waals surface area (Å²) >= 11 is 0. The molecular weight excluding hydrogens is 166 g/mol. The van der Waals surface area contributed by atoms with Gasteiger partial charge in [0.15, 0.2) is 0 Å².